The Balaban J connectivity index is 1.38. The molecule has 0 radical (unpaired) electrons. The van der Waals surface area contributed by atoms with Gasteiger partial charge in [-0.2, -0.15) is 0 Å². The number of piperazine rings is 1. The third kappa shape index (κ3) is 5.61. The summed E-state index contributed by atoms with van der Waals surface area (Å²) in [7, 11) is 0. The highest BCUT2D eigenvalue weighted by Crippen LogP contribution is 2.15. The smallest absolute Gasteiger partial charge is 0.260 e. The first kappa shape index (κ1) is 18.5. The van der Waals surface area contributed by atoms with Crippen LogP contribution in [0, 0.1) is 0 Å². The third-order valence-corrected chi connectivity index (χ3v) is 4.63. The molecule has 0 unspecified atom stereocenters. The minimum atomic E-state index is 0.0272. The van der Waals surface area contributed by atoms with Gasteiger partial charge in [0.25, 0.3) is 5.91 Å². The van der Waals surface area contributed by atoms with Gasteiger partial charge in [0.2, 0.25) is 0 Å². The van der Waals surface area contributed by atoms with Crippen LogP contribution in [-0.4, -0.2) is 55.0 Å². The number of carbonyl (C=O) groups excluding carboxylic acids is 1. The molecule has 0 aliphatic carbocycles. The highest BCUT2D eigenvalue weighted by molar-refractivity contribution is 6.30. The first-order valence-electron chi connectivity index (χ1n) is 8.81. The standard InChI is InChI=1S/C21H23ClN2O2/c22-19-8-10-20(11-9-19)26-17-21(25)24-15-13-23(14-16-24)12-4-7-18-5-2-1-3-6-18/h1-11H,12-17H2. The average molecular weight is 371 g/mol. The van der Waals surface area contributed by atoms with Crippen LogP contribution in [0.2, 0.25) is 5.02 Å². The molecule has 1 amide bonds. The predicted octanol–water partition coefficient (Wildman–Crippen LogP) is 3.58. The van der Waals surface area contributed by atoms with E-state index in [0.717, 1.165) is 32.7 Å². The summed E-state index contributed by atoms with van der Waals surface area (Å²) in [6.45, 7) is 4.20. The summed E-state index contributed by atoms with van der Waals surface area (Å²) < 4.78 is 5.54. The molecule has 0 N–H and O–H groups in total. The second-order valence-electron chi connectivity index (χ2n) is 6.24. The molecule has 5 heteroatoms. The number of carbonyl (C=O) groups is 1. The molecule has 1 fully saturated rings. The molecule has 0 atom stereocenters. The molecule has 0 saturated carbocycles. The van der Waals surface area contributed by atoms with Crippen molar-refractivity contribution in [3.05, 3.63) is 71.3 Å². The van der Waals surface area contributed by atoms with Gasteiger partial charge >= 0.3 is 0 Å². The van der Waals surface area contributed by atoms with E-state index in [4.69, 9.17) is 16.3 Å². The predicted molar refractivity (Wildman–Crippen MR) is 105 cm³/mol. The summed E-state index contributed by atoms with van der Waals surface area (Å²) in [5.74, 6) is 0.687. The van der Waals surface area contributed by atoms with E-state index in [1.807, 2.05) is 23.1 Å². The Labute approximate surface area is 159 Å². The van der Waals surface area contributed by atoms with Gasteiger partial charge in [-0.1, -0.05) is 54.1 Å². The van der Waals surface area contributed by atoms with Crippen molar-refractivity contribution in [3.8, 4) is 5.75 Å². The van der Waals surface area contributed by atoms with Crippen LogP contribution in [0.1, 0.15) is 5.56 Å². The normalized spacial score (nSPS) is 15.3. The SMILES string of the molecule is O=C(COc1ccc(Cl)cc1)N1CCN(CC=Cc2ccccc2)CC1. The molecule has 2 aromatic carbocycles. The summed E-state index contributed by atoms with van der Waals surface area (Å²) in [6.07, 6.45) is 4.31. The number of rotatable bonds is 6. The van der Waals surface area contributed by atoms with Crippen molar-refractivity contribution >= 4 is 23.6 Å². The topological polar surface area (TPSA) is 32.8 Å². The Hall–Kier alpha value is -2.30. The molecule has 3 rings (SSSR count). The van der Waals surface area contributed by atoms with Gasteiger partial charge in [-0.3, -0.25) is 9.69 Å². The number of hydrogen-bond donors (Lipinski definition) is 0. The van der Waals surface area contributed by atoms with E-state index in [2.05, 4.69) is 29.2 Å². The van der Waals surface area contributed by atoms with Crippen LogP contribution in [0.15, 0.2) is 60.7 Å². The fourth-order valence-corrected chi connectivity index (χ4v) is 2.98. The molecular weight excluding hydrogens is 348 g/mol. The maximum atomic E-state index is 12.3. The fraction of sp³-hybridized carbons (Fsp3) is 0.286. The minimum absolute atomic E-state index is 0.0272. The quantitative estimate of drug-likeness (QED) is 0.779. The van der Waals surface area contributed by atoms with Gasteiger partial charge in [0, 0.05) is 37.7 Å². The molecule has 4 nitrogen and oxygen atoms in total. The number of benzene rings is 2. The lowest BCUT2D eigenvalue weighted by Gasteiger charge is -2.34. The maximum absolute atomic E-state index is 12.3. The first-order valence-corrected chi connectivity index (χ1v) is 9.18. The zero-order valence-corrected chi connectivity index (χ0v) is 15.4. The van der Waals surface area contributed by atoms with Crippen LogP contribution in [0.4, 0.5) is 0 Å². The van der Waals surface area contributed by atoms with Gasteiger partial charge < -0.3 is 9.64 Å². The largest absolute Gasteiger partial charge is 0.484 e. The number of halogens is 1. The van der Waals surface area contributed by atoms with Gasteiger partial charge in [-0.05, 0) is 29.8 Å². The summed E-state index contributed by atoms with van der Waals surface area (Å²) in [4.78, 5) is 16.5. The lowest BCUT2D eigenvalue weighted by molar-refractivity contribution is -0.135. The second-order valence-corrected chi connectivity index (χ2v) is 6.67. The van der Waals surface area contributed by atoms with E-state index < -0.39 is 0 Å². The minimum Gasteiger partial charge on any atom is -0.484 e. The van der Waals surface area contributed by atoms with Crippen LogP contribution in [-0.2, 0) is 4.79 Å². The van der Waals surface area contributed by atoms with Gasteiger partial charge in [0.05, 0.1) is 0 Å². The Bertz CT molecular complexity index is 723. The van der Waals surface area contributed by atoms with E-state index in [-0.39, 0.29) is 12.5 Å². The maximum Gasteiger partial charge on any atom is 0.260 e. The van der Waals surface area contributed by atoms with Gasteiger partial charge in [0.15, 0.2) is 6.61 Å². The molecule has 1 saturated heterocycles. The molecule has 0 spiro atoms. The molecule has 0 aromatic heterocycles. The Morgan fingerprint density at radius 1 is 1.00 bits per heavy atom. The van der Waals surface area contributed by atoms with Gasteiger partial charge in [-0.15, -0.1) is 0 Å². The number of hydrogen-bond acceptors (Lipinski definition) is 3. The number of ether oxygens (including phenoxy) is 1. The van der Waals surface area contributed by atoms with Crippen LogP contribution in [0.5, 0.6) is 5.75 Å². The van der Waals surface area contributed by atoms with Gasteiger partial charge in [0.1, 0.15) is 5.75 Å². The summed E-state index contributed by atoms with van der Waals surface area (Å²) in [5, 5.41) is 0.654. The second kappa shape index (κ2) is 9.41. The Kier molecular flexibility index (Phi) is 6.69. The summed E-state index contributed by atoms with van der Waals surface area (Å²) in [6, 6.07) is 17.3. The molecule has 0 bridgehead atoms. The summed E-state index contributed by atoms with van der Waals surface area (Å²) in [5.41, 5.74) is 1.21. The van der Waals surface area contributed by atoms with Crippen molar-refractivity contribution in [2.75, 3.05) is 39.3 Å². The number of amides is 1. The van der Waals surface area contributed by atoms with E-state index >= 15 is 0 Å². The van der Waals surface area contributed by atoms with Gasteiger partial charge in [-0.25, -0.2) is 0 Å². The van der Waals surface area contributed by atoms with Crippen molar-refractivity contribution in [1.29, 1.82) is 0 Å². The van der Waals surface area contributed by atoms with Crippen molar-refractivity contribution in [2.24, 2.45) is 0 Å². The van der Waals surface area contributed by atoms with Crippen LogP contribution in [0.3, 0.4) is 0 Å². The van der Waals surface area contributed by atoms with Crippen LogP contribution < -0.4 is 4.74 Å². The highest BCUT2D eigenvalue weighted by atomic mass is 35.5. The summed E-state index contributed by atoms with van der Waals surface area (Å²) >= 11 is 5.84. The Morgan fingerprint density at radius 2 is 1.69 bits per heavy atom. The molecule has 26 heavy (non-hydrogen) atoms. The first-order chi connectivity index (χ1) is 12.7. The lowest BCUT2D eigenvalue weighted by Crippen LogP contribution is -2.49. The monoisotopic (exact) mass is 370 g/mol. The van der Waals surface area contributed by atoms with Crippen molar-refractivity contribution in [3.63, 3.8) is 0 Å². The zero-order valence-electron chi connectivity index (χ0n) is 14.7. The van der Waals surface area contributed by atoms with Crippen LogP contribution >= 0.6 is 11.6 Å². The van der Waals surface area contributed by atoms with Crippen LogP contribution in [0.25, 0.3) is 6.08 Å². The number of nitrogens with zero attached hydrogens (tertiary/aromatic N) is 2. The lowest BCUT2D eigenvalue weighted by atomic mass is 10.2. The third-order valence-electron chi connectivity index (χ3n) is 4.37. The Morgan fingerprint density at radius 3 is 2.38 bits per heavy atom. The van der Waals surface area contributed by atoms with Crippen molar-refractivity contribution in [2.45, 2.75) is 0 Å². The van der Waals surface area contributed by atoms with E-state index in [1.54, 1.807) is 24.3 Å². The molecule has 1 heterocycles. The fourth-order valence-electron chi connectivity index (χ4n) is 2.85. The van der Waals surface area contributed by atoms with Crippen molar-refractivity contribution < 1.29 is 9.53 Å². The van der Waals surface area contributed by atoms with E-state index in [9.17, 15) is 4.79 Å². The van der Waals surface area contributed by atoms with E-state index in [1.165, 1.54) is 5.56 Å². The van der Waals surface area contributed by atoms with Crippen molar-refractivity contribution in [1.82, 2.24) is 9.80 Å². The molecular formula is C21H23ClN2O2. The molecule has 136 valence electrons. The average Bonchev–Trinajstić information content (AvgIpc) is 2.69. The molecule has 2 aromatic rings. The highest BCUT2D eigenvalue weighted by Gasteiger charge is 2.20. The molecule has 1 aliphatic rings. The molecule has 1 aliphatic heterocycles. The van der Waals surface area contributed by atoms with E-state index in [0.29, 0.717) is 10.8 Å². The zero-order chi connectivity index (χ0) is 18.2.